The molecule has 3 N–H and O–H groups in total. The topological polar surface area (TPSA) is 60.7 Å². The van der Waals surface area contributed by atoms with Crippen molar-refractivity contribution in [3.8, 4) is 0 Å². The number of rotatable bonds is 2. The van der Waals surface area contributed by atoms with Gasteiger partial charge in [-0.25, -0.2) is 0 Å². The molecular weight excluding hydrogens is 108 g/mol. The number of aliphatic hydroxyl groups is 3. The summed E-state index contributed by atoms with van der Waals surface area (Å²) in [6.45, 7) is 3.08. The standard InChI is InChI=1S/C5H12O3/c1-3(4(2)6)5(7)8/h3-8H,1-2H3. The summed E-state index contributed by atoms with van der Waals surface area (Å²) < 4.78 is 0. The molecule has 0 fully saturated rings. The zero-order valence-corrected chi connectivity index (χ0v) is 5.07. The van der Waals surface area contributed by atoms with E-state index in [4.69, 9.17) is 15.3 Å². The van der Waals surface area contributed by atoms with Crippen LogP contribution in [-0.4, -0.2) is 27.7 Å². The van der Waals surface area contributed by atoms with Crippen LogP contribution in [0.2, 0.25) is 0 Å². The Labute approximate surface area is 48.6 Å². The highest BCUT2D eigenvalue weighted by atomic mass is 16.5. The summed E-state index contributed by atoms with van der Waals surface area (Å²) >= 11 is 0. The first-order chi connectivity index (χ1) is 3.55. The highest BCUT2D eigenvalue weighted by Crippen LogP contribution is 2.04. The SMILES string of the molecule is CC(O)C(C)C(O)O. The average molecular weight is 120 g/mol. The predicted octanol–water partition coefficient (Wildman–Crippen LogP) is -0.686. The minimum atomic E-state index is -1.41. The van der Waals surface area contributed by atoms with Gasteiger partial charge in [0.1, 0.15) is 0 Å². The summed E-state index contributed by atoms with van der Waals surface area (Å²) in [5.74, 6) is -0.463. The summed E-state index contributed by atoms with van der Waals surface area (Å²) in [6.07, 6.45) is -2.06. The monoisotopic (exact) mass is 120 g/mol. The maximum Gasteiger partial charge on any atom is 0.156 e. The smallest absolute Gasteiger partial charge is 0.156 e. The van der Waals surface area contributed by atoms with Crippen molar-refractivity contribution in [1.82, 2.24) is 0 Å². The summed E-state index contributed by atoms with van der Waals surface area (Å²) in [7, 11) is 0. The van der Waals surface area contributed by atoms with Gasteiger partial charge in [-0.15, -0.1) is 0 Å². The molecule has 3 nitrogen and oxygen atoms in total. The van der Waals surface area contributed by atoms with Gasteiger partial charge in [0, 0.05) is 5.92 Å². The highest BCUT2D eigenvalue weighted by molar-refractivity contribution is 4.58. The van der Waals surface area contributed by atoms with Gasteiger partial charge < -0.3 is 15.3 Å². The lowest BCUT2D eigenvalue weighted by Gasteiger charge is -2.15. The van der Waals surface area contributed by atoms with Gasteiger partial charge in [0.05, 0.1) is 6.10 Å². The molecule has 50 valence electrons. The Morgan fingerprint density at radius 3 is 1.38 bits per heavy atom. The van der Waals surface area contributed by atoms with Gasteiger partial charge in [0.25, 0.3) is 0 Å². The second kappa shape index (κ2) is 3.02. The van der Waals surface area contributed by atoms with E-state index in [1.54, 1.807) is 6.92 Å². The summed E-state index contributed by atoms with van der Waals surface area (Å²) in [4.78, 5) is 0. The molecule has 0 spiro atoms. The van der Waals surface area contributed by atoms with Crippen LogP contribution in [0.25, 0.3) is 0 Å². The molecule has 8 heavy (non-hydrogen) atoms. The second-order valence-electron chi connectivity index (χ2n) is 2.01. The van der Waals surface area contributed by atoms with Crippen molar-refractivity contribution < 1.29 is 15.3 Å². The molecule has 0 bridgehead atoms. The molecule has 0 rings (SSSR count). The Hall–Kier alpha value is -0.120. The first-order valence-corrected chi connectivity index (χ1v) is 2.60. The van der Waals surface area contributed by atoms with Crippen molar-refractivity contribution in [2.45, 2.75) is 26.2 Å². The van der Waals surface area contributed by atoms with Crippen LogP contribution < -0.4 is 0 Å². The molecule has 0 heterocycles. The van der Waals surface area contributed by atoms with Crippen LogP contribution in [-0.2, 0) is 0 Å². The van der Waals surface area contributed by atoms with Crippen LogP contribution in [0.5, 0.6) is 0 Å². The van der Waals surface area contributed by atoms with Crippen molar-refractivity contribution in [2.75, 3.05) is 0 Å². The Kier molecular flexibility index (Phi) is 2.97. The van der Waals surface area contributed by atoms with Crippen LogP contribution in [0.1, 0.15) is 13.8 Å². The van der Waals surface area contributed by atoms with Crippen molar-refractivity contribution in [2.24, 2.45) is 5.92 Å². The zero-order chi connectivity index (χ0) is 6.73. The third-order valence-corrected chi connectivity index (χ3v) is 1.23. The average Bonchev–Trinajstić information content (AvgIpc) is 1.64. The highest BCUT2D eigenvalue weighted by Gasteiger charge is 2.15. The molecule has 2 unspecified atom stereocenters. The van der Waals surface area contributed by atoms with Gasteiger partial charge in [-0.3, -0.25) is 0 Å². The molecule has 0 saturated carbocycles. The molecule has 3 heteroatoms. The van der Waals surface area contributed by atoms with E-state index in [0.717, 1.165) is 0 Å². The zero-order valence-electron chi connectivity index (χ0n) is 5.07. The fourth-order valence-corrected chi connectivity index (χ4v) is 0.249. The largest absolute Gasteiger partial charge is 0.393 e. The van der Waals surface area contributed by atoms with Crippen LogP contribution in [0.4, 0.5) is 0 Å². The first kappa shape index (κ1) is 7.88. The Balaban J connectivity index is 3.46. The molecule has 0 aliphatic heterocycles. The number of aliphatic hydroxyl groups excluding tert-OH is 2. The molecular formula is C5H12O3. The molecule has 0 aliphatic rings. The van der Waals surface area contributed by atoms with Gasteiger partial charge in [-0.2, -0.15) is 0 Å². The van der Waals surface area contributed by atoms with Crippen molar-refractivity contribution in [3.05, 3.63) is 0 Å². The van der Waals surface area contributed by atoms with E-state index in [1.165, 1.54) is 6.92 Å². The molecule has 0 aromatic carbocycles. The third kappa shape index (κ3) is 2.26. The van der Waals surface area contributed by atoms with Crippen LogP contribution in [0.15, 0.2) is 0 Å². The van der Waals surface area contributed by atoms with E-state index < -0.39 is 18.3 Å². The van der Waals surface area contributed by atoms with Gasteiger partial charge in [-0.05, 0) is 6.92 Å². The molecule has 2 atom stereocenters. The van der Waals surface area contributed by atoms with Gasteiger partial charge in [-0.1, -0.05) is 6.92 Å². The fraction of sp³-hybridized carbons (Fsp3) is 1.00. The fourth-order valence-electron chi connectivity index (χ4n) is 0.249. The van der Waals surface area contributed by atoms with E-state index in [-0.39, 0.29) is 0 Å². The molecule has 0 aromatic rings. The maximum atomic E-state index is 8.67. The van der Waals surface area contributed by atoms with Gasteiger partial charge >= 0.3 is 0 Å². The Morgan fingerprint density at radius 1 is 1.00 bits per heavy atom. The van der Waals surface area contributed by atoms with E-state index in [0.29, 0.717) is 0 Å². The quantitative estimate of drug-likeness (QED) is 0.423. The van der Waals surface area contributed by atoms with E-state index in [9.17, 15) is 0 Å². The van der Waals surface area contributed by atoms with Crippen molar-refractivity contribution >= 4 is 0 Å². The van der Waals surface area contributed by atoms with E-state index in [1.807, 2.05) is 0 Å². The first-order valence-electron chi connectivity index (χ1n) is 2.60. The van der Waals surface area contributed by atoms with Crippen LogP contribution in [0.3, 0.4) is 0 Å². The number of hydrogen-bond acceptors (Lipinski definition) is 3. The molecule has 0 amide bonds. The number of hydrogen-bond donors (Lipinski definition) is 3. The molecule has 0 aromatic heterocycles. The molecule has 0 radical (unpaired) electrons. The molecule has 0 aliphatic carbocycles. The van der Waals surface area contributed by atoms with E-state index >= 15 is 0 Å². The lowest BCUT2D eigenvalue weighted by Crippen LogP contribution is -2.26. The minimum Gasteiger partial charge on any atom is -0.393 e. The Morgan fingerprint density at radius 2 is 1.38 bits per heavy atom. The lowest BCUT2D eigenvalue weighted by atomic mass is 10.1. The minimum absolute atomic E-state index is 0.463. The second-order valence-corrected chi connectivity index (χ2v) is 2.01. The normalized spacial score (nSPS) is 18.8. The van der Waals surface area contributed by atoms with E-state index in [2.05, 4.69) is 0 Å². The third-order valence-electron chi connectivity index (χ3n) is 1.23. The van der Waals surface area contributed by atoms with Crippen LogP contribution in [0, 0.1) is 5.92 Å². The van der Waals surface area contributed by atoms with Crippen LogP contribution >= 0.6 is 0 Å². The summed E-state index contributed by atoms with van der Waals surface area (Å²) in [5.41, 5.74) is 0. The summed E-state index contributed by atoms with van der Waals surface area (Å²) in [6, 6.07) is 0. The predicted molar refractivity (Wildman–Crippen MR) is 29.1 cm³/mol. The van der Waals surface area contributed by atoms with Gasteiger partial charge in [0.15, 0.2) is 6.29 Å². The van der Waals surface area contributed by atoms with Crippen molar-refractivity contribution in [1.29, 1.82) is 0 Å². The maximum absolute atomic E-state index is 8.67. The Bertz CT molecular complexity index is 52.7. The molecule has 0 saturated heterocycles. The summed E-state index contributed by atoms with van der Waals surface area (Å²) in [5, 5.41) is 25.4. The lowest BCUT2D eigenvalue weighted by molar-refractivity contribution is -0.108. The van der Waals surface area contributed by atoms with Gasteiger partial charge in [0.2, 0.25) is 0 Å². The van der Waals surface area contributed by atoms with Crippen molar-refractivity contribution in [3.63, 3.8) is 0 Å².